The lowest BCUT2D eigenvalue weighted by Crippen LogP contribution is -2.38. The number of carbonyl (C=O) groups excluding carboxylic acids is 1. The van der Waals surface area contributed by atoms with Gasteiger partial charge >= 0.3 is 6.03 Å². The Morgan fingerprint density at radius 1 is 1.26 bits per heavy atom. The molecule has 2 amide bonds. The highest BCUT2D eigenvalue weighted by Gasteiger charge is 2.09. The molecule has 0 saturated carbocycles. The van der Waals surface area contributed by atoms with Gasteiger partial charge in [-0.15, -0.1) is 21.5 Å². The molecule has 0 aliphatic carbocycles. The van der Waals surface area contributed by atoms with Crippen molar-refractivity contribution < 1.29 is 4.79 Å². The molecule has 7 heteroatoms. The Morgan fingerprint density at radius 2 is 2.17 bits per heavy atom. The Hall–Kier alpha value is -2.41. The SMILES string of the molecule is C[C@H](CNC(=O)NCc1nnc2ccccn12)Cc1cccs1. The van der Waals surface area contributed by atoms with Gasteiger partial charge in [-0.05, 0) is 35.9 Å². The molecule has 0 fully saturated rings. The molecule has 3 aromatic rings. The molecule has 1 atom stereocenters. The van der Waals surface area contributed by atoms with Crippen molar-refractivity contribution in [1.82, 2.24) is 25.2 Å². The van der Waals surface area contributed by atoms with E-state index in [1.807, 2.05) is 28.8 Å². The summed E-state index contributed by atoms with van der Waals surface area (Å²) < 4.78 is 1.86. The van der Waals surface area contributed by atoms with Crippen LogP contribution in [0.5, 0.6) is 0 Å². The molecular formula is C16H19N5OS. The third kappa shape index (κ3) is 4.07. The highest BCUT2D eigenvalue weighted by Crippen LogP contribution is 2.13. The Bertz CT molecular complexity index is 768. The van der Waals surface area contributed by atoms with Gasteiger partial charge in [-0.1, -0.05) is 19.1 Å². The molecule has 0 aliphatic heterocycles. The molecule has 3 aromatic heterocycles. The number of hydrogen-bond acceptors (Lipinski definition) is 4. The molecular weight excluding hydrogens is 310 g/mol. The molecule has 0 radical (unpaired) electrons. The zero-order valence-corrected chi connectivity index (χ0v) is 13.7. The lowest BCUT2D eigenvalue weighted by molar-refractivity contribution is 0.238. The molecule has 0 spiro atoms. The Morgan fingerprint density at radius 3 is 3.00 bits per heavy atom. The first kappa shape index (κ1) is 15.5. The van der Waals surface area contributed by atoms with Crippen LogP contribution in [0, 0.1) is 5.92 Å². The number of nitrogens with one attached hydrogen (secondary N) is 2. The summed E-state index contributed by atoms with van der Waals surface area (Å²) >= 11 is 1.75. The molecule has 0 aliphatic rings. The molecule has 6 nitrogen and oxygen atoms in total. The first-order chi connectivity index (χ1) is 11.2. The largest absolute Gasteiger partial charge is 0.338 e. The predicted octanol–water partition coefficient (Wildman–Crippen LogP) is 2.47. The zero-order chi connectivity index (χ0) is 16.1. The average Bonchev–Trinajstić information content (AvgIpc) is 3.20. The summed E-state index contributed by atoms with van der Waals surface area (Å²) in [5.74, 6) is 1.11. The summed E-state index contributed by atoms with van der Waals surface area (Å²) in [5.41, 5.74) is 0.772. The standard InChI is InChI=1S/C16H19N5OS/c1-12(9-13-5-4-8-23-13)10-17-16(22)18-11-15-20-19-14-6-2-3-7-21(14)15/h2-8,12H,9-11H2,1H3,(H2,17,18,22)/t12-/m0/s1. The van der Waals surface area contributed by atoms with Crippen LogP contribution in [0.25, 0.3) is 5.65 Å². The number of aromatic nitrogens is 3. The van der Waals surface area contributed by atoms with E-state index in [1.54, 1.807) is 11.3 Å². The van der Waals surface area contributed by atoms with Gasteiger partial charge in [0, 0.05) is 17.6 Å². The molecule has 3 heterocycles. The van der Waals surface area contributed by atoms with E-state index in [0.29, 0.717) is 24.8 Å². The monoisotopic (exact) mass is 329 g/mol. The molecule has 0 bridgehead atoms. The Balaban J connectivity index is 1.44. The maximum atomic E-state index is 11.9. The van der Waals surface area contributed by atoms with E-state index in [9.17, 15) is 4.79 Å². The molecule has 0 unspecified atom stereocenters. The zero-order valence-electron chi connectivity index (χ0n) is 12.9. The van der Waals surface area contributed by atoms with Gasteiger partial charge in [0.15, 0.2) is 11.5 Å². The fourth-order valence-corrected chi connectivity index (χ4v) is 3.21. The normalized spacial score (nSPS) is 12.2. The smallest absolute Gasteiger partial charge is 0.315 e. The molecule has 0 aromatic carbocycles. The van der Waals surface area contributed by atoms with Gasteiger partial charge in [-0.25, -0.2) is 4.79 Å². The van der Waals surface area contributed by atoms with Crippen LogP contribution < -0.4 is 10.6 Å². The van der Waals surface area contributed by atoms with E-state index in [0.717, 1.165) is 12.1 Å². The Kier molecular flexibility index (Phi) is 4.87. The van der Waals surface area contributed by atoms with Crippen LogP contribution in [0.15, 0.2) is 41.9 Å². The predicted molar refractivity (Wildman–Crippen MR) is 90.4 cm³/mol. The van der Waals surface area contributed by atoms with Crippen molar-refractivity contribution in [2.75, 3.05) is 6.54 Å². The van der Waals surface area contributed by atoms with Gasteiger partial charge < -0.3 is 10.6 Å². The van der Waals surface area contributed by atoms with Crippen molar-refractivity contribution in [2.45, 2.75) is 19.9 Å². The first-order valence-electron chi connectivity index (χ1n) is 7.55. The second kappa shape index (κ2) is 7.23. The van der Waals surface area contributed by atoms with Gasteiger partial charge in [-0.2, -0.15) is 0 Å². The van der Waals surface area contributed by atoms with Crippen LogP contribution in [-0.2, 0) is 13.0 Å². The number of amides is 2. The first-order valence-corrected chi connectivity index (χ1v) is 8.43. The van der Waals surface area contributed by atoms with Crippen LogP contribution in [0.3, 0.4) is 0 Å². The third-order valence-electron chi connectivity index (χ3n) is 3.53. The van der Waals surface area contributed by atoms with Gasteiger partial charge in [-0.3, -0.25) is 4.40 Å². The fourth-order valence-electron chi connectivity index (χ4n) is 2.34. The fraction of sp³-hybridized carbons (Fsp3) is 0.312. The van der Waals surface area contributed by atoms with E-state index < -0.39 is 0 Å². The lowest BCUT2D eigenvalue weighted by atomic mass is 10.1. The van der Waals surface area contributed by atoms with Crippen molar-refractivity contribution in [2.24, 2.45) is 5.92 Å². The number of nitrogens with zero attached hydrogens (tertiary/aromatic N) is 3. The van der Waals surface area contributed by atoms with Crippen molar-refractivity contribution in [3.05, 3.63) is 52.6 Å². The van der Waals surface area contributed by atoms with Gasteiger partial charge in [0.25, 0.3) is 0 Å². The minimum Gasteiger partial charge on any atom is -0.338 e. The number of thiophene rings is 1. The van der Waals surface area contributed by atoms with Crippen LogP contribution >= 0.6 is 11.3 Å². The van der Waals surface area contributed by atoms with E-state index in [1.165, 1.54) is 4.88 Å². The van der Waals surface area contributed by atoms with Crippen molar-refractivity contribution in [1.29, 1.82) is 0 Å². The van der Waals surface area contributed by atoms with Gasteiger partial charge in [0.2, 0.25) is 0 Å². The van der Waals surface area contributed by atoms with Crippen LogP contribution in [0.1, 0.15) is 17.6 Å². The molecule has 3 rings (SSSR count). The highest BCUT2D eigenvalue weighted by atomic mass is 32.1. The Labute approximate surface area is 138 Å². The van der Waals surface area contributed by atoms with Crippen molar-refractivity contribution in [3.8, 4) is 0 Å². The van der Waals surface area contributed by atoms with E-state index in [4.69, 9.17) is 0 Å². The summed E-state index contributed by atoms with van der Waals surface area (Å²) in [6.07, 6.45) is 2.86. The van der Waals surface area contributed by atoms with Crippen LogP contribution in [0.2, 0.25) is 0 Å². The third-order valence-corrected chi connectivity index (χ3v) is 4.43. The lowest BCUT2D eigenvalue weighted by Gasteiger charge is -2.12. The summed E-state index contributed by atoms with van der Waals surface area (Å²) in [4.78, 5) is 13.2. The maximum Gasteiger partial charge on any atom is 0.315 e. The number of urea groups is 1. The minimum atomic E-state index is -0.185. The second-order valence-corrected chi connectivity index (χ2v) is 6.53. The second-order valence-electron chi connectivity index (χ2n) is 5.50. The number of carbonyl (C=O) groups is 1. The summed E-state index contributed by atoms with van der Waals surface area (Å²) in [6.45, 7) is 3.12. The molecule has 23 heavy (non-hydrogen) atoms. The van der Waals surface area contributed by atoms with Crippen LogP contribution in [-0.4, -0.2) is 27.2 Å². The quantitative estimate of drug-likeness (QED) is 0.730. The van der Waals surface area contributed by atoms with Crippen molar-refractivity contribution >= 4 is 23.0 Å². The van der Waals surface area contributed by atoms with E-state index in [2.05, 4.69) is 45.3 Å². The number of rotatable bonds is 6. The van der Waals surface area contributed by atoms with E-state index >= 15 is 0 Å². The van der Waals surface area contributed by atoms with Gasteiger partial charge in [0.1, 0.15) is 0 Å². The van der Waals surface area contributed by atoms with Crippen LogP contribution in [0.4, 0.5) is 4.79 Å². The summed E-state index contributed by atoms with van der Waals surface area (Å²) in [5, 5.41) is 15.9. The summed E-state index contributed by atoms with van der Waals surface area (Å²) in [7, 11) is 0. The number of pyridine rings is 1. The van der Waals surface area contributed by atoms with Gasteiger partial charge in [0.05, 0.1) is 6.54 Å². The summed E-state index contributed by atoms with van der Waals surface area (Å²) in [6, 6.07) is 9.68. The number of fused-ring (bicyclic) bond motifs is 1. The number of hydrogen-bond donors (Lipinski definition) is 2. The average molecular weight is 329 g/mol. The van der Waals surface area contributed by atoms with Crippen molar-refractivity contribution in [3.63, 3.8) is 0 Å². The minimum absolute atomic E-state index is 0.185. The maximum absolute atomic E-state index is 11.9. The topological polar surface area (TPSA) is 71.3 Å². The highest BCUT2D eigenvalue weighted by molar-refractivity contribution is 7.09. The van der Waals surface area contributed by atoms with E-state index in [-0.39, 0.29) is 6.03 Å². The molecule has 120 valence electrons. The molecule has 2 N–H and O–H groups in total. The molecule has 0 saturated heterocycles.